The van der Waals surface area contributed by atoms with Crippen molar-refractivity contribution < 1.29 is 13.6 Å². The third-order valence-corrected chi connectivity index (χ3v) is 7.64. The molecule has 5 nitrogen and oxygen atoms in total. The number of rotatable bonds is 4. The van der Waals surface area contributed by atoms with Crippen LogP contribution in [0.1, 0.15) is 36.6 Å². The van der Waals surface area contributed by atoms with Crippen molar-refractivity contribution in [3.8, 4) is 0 Å². The van der Waals surface area contributed by atoms with Crippen LogP contribution in [-0.2, 0) is 10.3 Å². The molecule has 170 valence electrons. The molecule has 1 aliphatic carbocycles. The fourth-order valence-corrected chi connectivity index (χ4v) is 5.92. The van der Waals surface area contributed by atoms with E-state index in [0.717, 1.165) is 12.8 Å². The smallest absolute Gasteiger partial charge is 0.247 e. The zero-order chi connectivity index (χ0) is 23.4. The number of amides is 1. The van der Waals surface area contributed by atoms with Crippen LogP contribution in [0.5, 0.6) is 0 Å². The van der Waals surface area contributed by atoms with E-state index >= 15 is 4.39 Å². The summed E-state index contributed by atoms with van der Waals surface area (Å²) in [6.07, 6.45) is 6.41. The lowest BCUT2D eigenvalue weighted by Gasteiger charge is -2.35. The Morgan fingerprint density at radius 3 is 2.73 bits per heavy atom. The molecule has 0 unspecified atom stereocenters. The molecule has 33 heavy (non-hydrogen) atoms. The van der Waals surface area contributed by atoms with Crippen molar-refractivity contribution in [1.29, 1.82) is 0 Å². The first-order valence-electron chi connectivity index (χ1n) is 10.6. The van der Waals surface area contributed by atoms with Gasteiger partial charge in [-0.2, -0.15) is 0 Å². The average molecular weight is 487 g/mol. The number of nitrogens with two attached hydrogens (primary N) is 1. The number of carbonyl (C=O) groups excluding carboxylic acids is 1. The Morgan fingerprint density at radius 2 is 2.03 bits per heavy atom. The molecule has 2 aliphatic heterocycles. The number of aliphatic imine (C=N–C) groups is 1. The lowest BCUT2D eigenvalue weighted by Crippen LogP contribution is -2.45. The number of thioether (sulfide) groups is 1. The van der Waals surface area contributed by atoms with Crippen LogP contribution in [0.15, 0.2) is 53.2 Å². The quantitative estimate of drug-likeness (QED) is 0.623. The molecule has 0 spiro atoms. The number of hydrogen-bond donors (Lipinski definition) is 1. The lowest BCUT2D eigenvalue weighted by molar-refractivity contribution is -0.129. The molecule has 1 fully saturated rings. The van der Waals surface area contributed by atoms with E-state index in [2.05, 4.69) is 9.98 Å². The molecule has 3 heterocycles. The van der Waals surface area contributed by atoms with Gasteiger partial charge in [0, 0.05) is 24.8 Å². The fraction of sp³-hybridized carbons (Fsp3) is 0.292. The molecule has 0 saturated carbocycles. The van der Waals surface area contributed by atoms with Gasteiger partial charge in [0.05, 0.1) is 10.7 Å². The Morgan fingerprint density at radius 1 is 1.27 bits per heavy atom. The van der Waals surface area contributed by atoms with Crippen molar-refractivity contribution in [2.75, 3.05) is 13.1 Å². The van der Waals surface area contributed by atoms with Gasteiger partial charge in [0.15, 0.2) is 5.17 Å². The predicted molar refractivity (Wildman–Crippen MR) is 128 cm³/mol. The summed E-state index contributed by atoms with van der Waals surface area (Å²) in [5.74, 6) is -1.11. The molecule has 1 amide bonds. The molecule has 0 radical (unpaired) electrons. The number of amidine groups is 1. The maximum atomic E-state index is 15.1. The number of nitrogens with zero attached hydrogens (tertiary/aromatic N) is 3. The Kier molecular flexibility index (Phi) is 5.33. The van der Waals surface area contributed by atoms with E-state index in [1.165, 1.54) is 42.2 Å². The van der Waals surface area contributed by atoms with E-state index in [1.54, 1.807) is 19.1 Å². The summed E-state index contributed by atoms with van der Waals surface area (Å²) in [5.41, 5.74) is 6.48. The van der Waals surface area contributed by atoms with E-state index < -0.39 is 21.9 Å². The van der Waals surface area contributed by atoms with Crippen molar-refractivity contribution in [3.05, 3.63) is 75.8 Å². The van der Waals surface area contributed by atoms with E-state index in [-0.39, 0.29) is 22.3 Å². The molecule has 1 saturated heterocycles. The Labute approximate surface area is 199 Å². The largest absolute Gasteiger partial charge is 0.378 e. The lowest BCUT2D eigenvalue weighted by atomic mass is 9.85. The van der Waals surface area contributed by atoms with Crippen LogP contribution in [0, 0.1) is 5.82 Å². The molecular formula is C24H21ClF2N4OS. The Bertz CT molecular complexity index is 1240. The number of halogens is 3. The second kappa shape index (κ2) is 7.95. The van der Waals surface area contributed by atoms with Gasteiger partial charge in [0.2, 0.25) is 5.91 Å². The van der Waals surface area contributed by atoms with Crippen molar-refractivity contribution in [2.45, 2.75) is 30.1 Å². The first-order chi connectivity index (χ1) is 15.7. The van der Waals surface area contributed by atoms with E-state index in [0.29, 0.717) is 29.2 Å². The molecule has 2 atom stereocenters. The first kappa shape index (κ1) is 22.1. The van der Waals surface area contributed by atoms with Gasteiger partial charge in [-0.05, 0) is 61.2 Å². The summed E-state index contributed by atoms with van der Waals surface area (Å²) >= 11 is 7.02. The molecule has 2 N–H and O–H groups in total. The molecule has 3 aliphatic rings. The number of pyridine rings is 1. The van der Waals surface area contributed by atoms with Gasteiger partial charge in [0.1, 0.15) is 21.9 Å². The van der Waals surface area contributed by atoms with Gasteiger partial charge in [0.25, 0.3) is 0 Å². The Balaban J connectivity index is 1.50. The molecular weight excluding hydrogens is 466 g/mol. The highest BCUT2D eigenvalue weighted by Crippen LogP contribution is 2.61. The summed E-state index contributed by atoms with van der Waals surface area (Å²) < 4.78 is 28.9. The average Bonchev–Trinajstić information content (AvgIpc) is 3.29. The van der Waals surface area contributed by atoms with Gasteiger partial charge in [-0.3, -0.25) is 9.78 Å². The van der Waals surface area contributed by atoms with Crippen molar-refractivity contribution in [1.82, 2.24) is 9.88 Å². The summed E-state index contributed by atoms with van der Waals surface area (Å²) in [4.78, 5) is 23.6. The van der Waals surface area contributed by atoms with Gasteiger partial charge >= 0.3 is 0 Å². The normalized spacial score (nSPS) is 26.5. The monoisotopic (exact) mass is 486 g/mol. The number of fused-ring (bicyclic) bond motifs is 1. The van der Waals surface area contributed by atoms with Crippen molar-refractivity contribution >= 4 is 46.3 Å². The number of likely N-dealkylation sites (tertiary alicyclic amines) is 1. The zero-order valence-electron chi connectivity index (χ0n) is 17.8. The van der Waals surface area contributed by atoms with E-state index in [4.69, 9.17) is 17.3 Å². The number of benzene rings is 1. The third kappa shape index (κ3) is 3.75. The predicted octanol–water partition coefficient (Wildman–Crippen LogP) is 4.92. The van der Waals surface area contributed by atoms with Crippen molar-refractivity contribution in [3.63, 3.8) is 0 Å². The second-order valence-electron chi connectivity index (χ2n) is 8.51. The maximum Gasteiger partial charge on any atom is 0.247 e. The Hall–Kier alpha value is -2.71. The fourth-order valence-electron chi connectivity index (χ4n) is 4.55. The van der Waals surface area contributed by atoms with Crippen LogP contribution in [0.2, 0.25) is 5.02 Å². The number of carbonyl (C=O) groups is 1. The van der Waals surface area contributed by atoms with Crippen LogP contribution < -0.4 is 5.73 Å². The molecule has 1 aromatic carbocycles. The summed E-state index contributed by atoms with van der Waals surface area (Å²) in [6.45, 7) is 3.17. The zero-order valence-corrected chi connectivity index (χ0v) is 19.4. The highest BCUT2D eigenvalue weighted by Gasteiger charge is 2.63. The van der Waals surface area contributed by atoms with Crippen LogP contribution in [-0.4, -0.2) is 38.8 Å². The van der Waals surface area contributed by atoms with Gasteiger partial charge in [-0.1, -0.05) is 35.5 Å². The van der Waals surface area contributed by atoms with Crippen LogP contribution in [0.25, 0.3) is 11.9 Å². The molecule has 2 aromatic rings. The van der Waals surface area contributed by atoms with Crippen LogP contribution >= 0.6 is 23.4 Å². The molecule has 1 aromatic heterocycles. The van der Waals surface area contributed by atoms with Gasteiger partial charge in [-0.15, -0.1) is 0 Å². The third-order valence-electron chi connectivity index (χ3n) is 6.28. The summed E-state index contributed by atoms with van der Waals surface area (Å²) in [6, 6.07) is 7.31. The van der Waals surface area contributed by atoms with Crippen LogP contribution in [0.4, 0.5) is 8.78 Å². The SMILES string of the molecule is C[C@]1(c2cc(/C=C(\F)c3ccc(Cl)cn3)ccc2F)N=C(N)S[C@@]2(C(=O)N3CCCC3)C=C21. The molecule has 0 bridgehead atoms. The van der Waals surface area contributed by atoms with Crippen LogP contribution in [0.3, 0.4) is 0 Å². The maximum absolute atomic E-state index is 15.1. The van der Waals surface area contributed by atoms with E-state index in [9.17, 15) is 9.18 Å². The standard InChI is InChI=1S/C24H21ClF2N4OS/c1-23(20-12-24(20,33-22(28)30-23)21(32)31-8-2-3-9-31)16-10-14(4-6-17(16)26)11-18(27)19-7-5-15(25)13-29-19/h4-7,10-13H,2-3,8-9H2,1H3,(H2,28,30)/b18-11-/t23-,24+/m1/s1. The minimum atomic E-state index is -1.16. The minimum absolute atomic E-state index is 0.0274. The second-order valence-corrected chi connectivity index (χ2v) is 10.2. The number of hydrogen-bond acceptors (Lipinski definition) is 5. The number of aromatic nitrogens is 1. The van der Waals surface area contributed by atoms with Gasteiger partial charge in [-0.25, -0.2) is 13.8 Å². The molecule has 9 heteroatoms. The minimum Gasteiger partial charge on any atom is -0.378 e. The van der Waals surface area contributed by atoms with Crippen molar-refractivity contribution in [2.24, 2.45) is 10.7 Å². The summed E-state index contributed by atoms with van der Waals surface area (Å²) in [7, 11) is 0. The first-order valence-corrected chi connectivity index (χ1v) is 11.8. The highest BCUT2D eigenvalue weighted by atomic mass is 35.5. The highest BCUT2D eigenvalue weighted by molar-refractivity contribution is 8.16. The topological polar surface area (TPSA) is 71.6 Å². The van der Waals surface area contributed by atoms with Gasteiger partial charge < -0.3 is 10.6 Å². The summed E-state index contributed by atoms with van der Waals surface area (Å²) in [5, 5.41) is 0.623. The van der Waals surface area contributed by atoms with E-state index in [1.807, 2.05) is 11.0 Å². The molecule has 5 rings (SSSR count).